The van der Waals surface area contributed by atoms with Gasteiger partial charge in [-0.3, -0.25) is 33.7 Å². The van der Waals surface area contributed by atoms with Crippen molar-refractivity contribution >= 4 is 45.7 Å². The molecule has 0 aliphatic heterocycles. The van der Waals surface area contributed by atoms with Gasteiger partial charge in [0, 0.05) is 51.4 Å². The molecule has 25 heteroatoms. The monoisotopic (exact) mass is 889 g/mol. The van der Waals surface area contributed by atoms with Gasteiger partial charge in [0.1, 0.15) is 50.9 Å². The van der Waals surface area contributed by atoms with Crippen LogP contribution in [0, 0.1) is 20.0 Å². The van der Waals surface area contributed by atoms with Crippen molar-refractivity contribution in [3.8, 4) is 0 Å². The summed E-state index contributed by atoms with van der Waals surface area (Å²) in [6, 6.07) is 5.86. The third kappa shape index (κ3) is 19.0. The predicted molar refractivity (Wildman–Crippen MR) is 176 cm³/mol. The number of amides is 2. The minimum atomic E-state index is -3.91. The van der Waals surface area contributed by atoms with Crippen LogP contribution in [0.1, 0.15) is 17.2 Å². The Balaban J connectivity index is 0. The quantitative estimate of drug-likeness (QED) is 0.0597. The first-order valence-electron chi connectivity index (χ1n) is 14.9. The molecule has 0 bridgehead atoms. The van der Waals surface area contributed by atoms with E-state index in [0.717, 1.165) is 5.56 Å². The standard InChI is InChI=1S/C28H34N8O12S.3CO.Tc/c29-49(47,48)20-3-1-19(2-4-20)5-8-32(11-21-30-6-9-33(21)13-23(37)35(15-25(39)40)16-26(41)42)12-22-31-7-10-34(22)14-24(38)36(17-27(43)44)18-28(45)46;3*1-2;/h1-4,6-7,9-10H,5,8,11-18H2,(H,39,40)(H,41,42)(H,43,44)(H,45,46)(H2,29,47,48);;;;/i;;;;1+1. The normalized spacial score (nSPS) is 10.0. The van der Waals surface area contributed by atoms with E-state index in [1.165, 1.54) is 46.1 Å². The van der Waals surface area contributed by atoms with E-state index in [1.54, 1.807) is 12.1 Å². The van der Waals surface area contributed by atoms with Gasteiger partial charge in [-0.2, -0.15) is 0 Å². The molecule has 0 unspecified atom stereocenters. The number of carboxylic acids is 4. The average molecular weight is 890 g/mol. The average Bonchev–Trinajstić information content (AvgIpc) is 3.76. The molecule has 0 spiro atoms. The number of imidazole rings is 2. The Labute approximate surface area is 331 Å². The van der Waals surface area contributed by atoms with Crippen LogP contribution in [-0.4, -0.2) is 131 Å². The summed E-state index contributed by atoms with van der Waals surface area (Å²) in [5.41, 5.74) is 0.727. The Morgan fingerprint density at radius 1 is 0.661 bits per heavy atom. The molecule has 2 heterocycles. The number of rotatable bonds is 20. The molecule has 6 N–H and O–H groups in total. The molecule has 0 fully saturated rings. The van der Waals surface area contributed by atoms with E-state index in [2.05, 4.69) is 29.9 Å². The minimum absolute atomic E-state index is 0. The Morgan fingerprint density at radius 2 is 1.00 bits per heavy atom. The summed E-state index contributed by atoms with van der Waals surface area (Å²) in [6.45, 7) is 9.72. The Morgan fingerprint density at radius 3 is 1.30 bits per heavy atom. The van der Waals surface area contributed by atoms with Crippen LogP contribution in [0.25, 0.3) is 0 Å². The number of aliphatic carboxylic acids is 4. The molecule has 0 saturated carbocycles. The van der Waals surface area contributed by atoms with Crippen molar-refractivity contribution in [3.63, 3.8) is 0 Å². The van der Waals surface area contributed by atoms with Gasteiger partial charge in [0.05, 0.1) is 18.0 Å². The van der Waals surface area contributed by atoms with E-state index in [1.807, 2.05) is 4.90 Å². The molecule has 2 amide bonds. The first-order chi connectivity index (χ1) is 26.0. The van der Waals surface area contributed by atoms with E-state index in [-0.39, 0.29) is 44.6 Å². The van der Waals surface area contributed by atoms with Gasteiger partial charge < -0.3 is 39.4 Å². The van der Waals surface area contributed by atoms with Crippen molar-refractivity contribution in [3.05, 3.63) is 86.2 Å². The molecule has 56 heavy (non-hydrogen) atoms. The molecule has 3 rings (SSSR count). The first kappa shape index (κ1) is 52.3. The molecule has 0 atom stereocenters. The number of nitrogens with zero attached hydrogens (tertiary/aromatic N) is 7. The number of hydrogen-bond acceptors (Lipinski definition) is 11. The molecule has 23 nitrogen and oxygen atoms in total. The van der Waals surface area contributed by atoms with Crippen molar-refractivity contribution in [1.82, 2.24) is 33.8 Å². The number of benzene rings is 1. The number of sulfonamides is 1. The fourth-order valence-electron chi connectivity index (χ4n) is 4.63. The van der Waals surface area contributed by atoms with Gasteiger partial charge in [-0.25, -0.2) is 23.5 Å². The van der Waals surface area contributed by atoms with Gasteiger partial charge in [-0.05, 0) is 24.1 Å². The van der Waals surface area contributed by atoms with Crippen LogP contribution in [0.15, 0.2) is 53.9 Å². The van der Waals surface area contributed by atoms with Gasteiger partial charge in [0.2, 0.25) is 21.8 Å². The zero-order valence-corrected chi connectivity index (χ0v) is 31.6. The topological polar surface area (TPSA) is 349 Å². The van der Waals surface area contributed by atoms with Crippen LogP contribution in [0.5, 0.6) is 0 Å². The second kappa shape index (κ2) is 26.9. The zero-order chi connectivity index (χ0) is 42.3. The summed E-state index contributed by atoms with van der Waals surface area (Å²) in [6.07, 6.45) is 6.06. The van der Waals surface area contributed by atoms with Gasteiger partial charge in [-0.1, -0.05) is 12.1 Å². The number of aromatic nitrogens is 4. The molecule has 1 radical (unpaired) electrons. The van der Waals surface area contributed by atoms with Gasteiger partial charge in [0.25, 0.3) is 0 Å². The fraction of sp³-hybridized carbons (Fsp3) is 0.323. The first-order valence-corrected chi connectivity index (χ1v) is 16.4. The van der Waals surface area contributed by atoms with Gasteiger partial charge >= 0.3 is 57.8 Å². The number of carbonyl (C=O) groups is 6. The van der Waals surface area contributed by atoms with Crippen LogP contribution < -0.4 is 5.14 Å². The molecular weight excluding hydrogens is 855 g/mol. The number of carbonyl (C=O) groups excluding carboxylic acids is 2. The Hall–Kier alpha value is -5.80. The van der Waals surface area contributed by atoms with Crippen LogP contribution >= 0.6 is 0 Å². The van der Waals surface area contributed by atoms with Gasteiger partial charge in [-0.15, -0.1) is 0 Å². The second-order valence-corrected chi connectivity index (χ2v) is 12.2. The van der Waals surface area contributed by atoms with Crippen LogP contribution in [0.2, 0.25) is 0 Å². The van der Waals surface area contributed by atoms with Crippen molar-refractivity contribution in [2.75, 3.05) is 32.7 Å². The summed E-state index contributed by atoms with van der Waals surface area (Å²) in [4.78, 5) is 82.3. The van der Waals surface area contributed by atoms with Crippen molar-refractivity contribution in [2.24, 2.45) is 5.14 Å². The molecular formula is C31H34N8O15STc. The van der Waals surface area contributed by atoms with E-state index < -0.39 is 85.0 Å². The number of carboxylic acid groups (broad SMARTS) is 4. The van der Waals surface area contributed by atoms with E-state index in [4.69, 9.17) is 39.5 Å². The summed E-state index contributed by atoms with van der Waals surface area (Å²) in [5.74, 6) is -6.51. The fourth-order valence-corrected chi connectivity index (χ4v) is 5.14. The number of nitrogens with two attached hydrogens (primary N) is 1. The third-order valence-electron chi connectivity index (χ3n) is 6.92. The molecule has 0 aliphatic carbocycles. The van der Waals surface area contributed by atoms with Crippen LogP contribution in [-0.2, 0) is 105 Å². The molecule has 0 aliphatic rings. The van der Waals surface area contributed by atoms with Crippen LogP contribution in [0.3, 0.4) is 0 Å². The zero-order valence-electron chi connectivity index (χ0n) is 29.0. The van der Waals surface area contributed by atoms with Gasteiger partial charge in [0.15, 0.2) is 0 Å². The second-order valence-electron chi connectivity index (χ2n) is 10.7. The summed E-state index contributed by atoms with van der Waals surface area (Å²) in [7, 11) is -3.91. The maximum atomic E-state index is 12.9. The molecule has 2 aromatic heterocycles. The molecule has 3 aromatic rings. The van der Waals surface area contributed by atoms with Crippen molar-refractivity contribution in [1.29, 1.82) is 0 Å². The Kier molecular flexibility index (Phi) is 25.1. The number of hydrogen-bond donors (Lipinski definition) is 5. The maximum absolute atomic E-state index is 12.9. The van der Waals surface area contributed by atoms with Crippen molar-refractivity contribution in [2.45, 2.75) is 37.5 Å². The summed E-state index contributed by atoms with van der Waals surface area (Å²) >= 11 is 0. The molecule has 0 saturated heterocycles. The third-order valence-corrected chi connectivity index (χ3v) is 7.85. The summed E-state index contributed by atoms with van der Waals surface area (Å²) in [5, 5.41) is 41.7. The van der Waals surface area contributed by atoms with E-state index >= 15 is 0 Å². The Bertz CT molecular complexity index is 1810. The predicted octanol–water partition coefficient (Wildman–Crippen LogP) is -2.15. The van der Waals surface area contributed by atoms with Crippen LogP contribution in [0.4, 0.5) is 0 Å². The molecule has 1 aromatic carbocycles. The molecule has 301 valence electrons. The van der Waals surface area contributed by atoms with E-state index in [9.17, 15) is 37.2 Å². The van der Waals surface area contributed by atoms with Crippen molar-refractivity contribution < 1.29 is 91.7 Å². The summed E-state index contributed by atoms with van der Waals surface area (Å²) < 4.78 is 48.6. The number of primary sulfonamides is 1. The van der Waals surface area contributed by atoms with E-state index in [0.29, 0.717) is 27.9 Å². The SMILES string of the molecule is NS(=O)(=O)c1ccc(CCN(Cc2nccn2CC(=O)N(CC(=O)O)CC(=O)O)Cc2nccn2CC(=O)N(CC(=O)O)CC(=O)O)cc1.[99Tc].[C-]#[O+].[C-]#[O+].[C-]#[O+].